The highest BCUT2D eigenvalue weighted by molar-refractivity contribution is 5.80. The van der Waals surface area contributed by atoms with Crippen LogP contribution in [0.5, 0.6) is 0 Å². The average Bonchev–Trinajstić information content (AvgIpc) is 3.30. The van der Waals surface area contributed by atoms with E-state index in [1.807, 2.05) is 28.8 Å². The normalized spacial score (nSPS) is 17.2. The first-order valence-electron chi connectivity index (χ1n) is 8.87. The Labute approximate surface area is 142 Å². The van der Waals surface area contributed by atoms with Crippen LogP contribution in [0.1, 0.15) is 57.3 Å². The van der Waals surface area contributed by atoms with E-state index >= 15 is 0 Å². The van der Waals surface area contributed by atoms with Gasteiger partial charge >= 0.3 is 0 Å². The minimum Gasteiger partial charge on any atom is -0.341 e. The van der Waals surface area contributed by atoms with Crippen molar-refractivity contribution < 1.29 is 4.79 Å². The summed E-state index contributed by atoms with van der Waals surface area (Å²) in [5, 5.41) is 12.7. The fourth-order valence-corrected chi connectivity index (χ4v) is 3.20. The van der Waals surface area contributed by atoms with Crippen molar-refractivity contribution in [3.63, 3.8) is 0 Å². The first kappa shape index (κ1) is 16.7. The molecule has 0 N–H and O–H groups in total. The molecule has 0 aromatic carbocycles. The lowest BCUT2D eigenvalue weighted by molar-refractivity contribution is -0.135. The quantitative estimate of drug-likeness (QED) is 0.814. The van der Waals surface area contributed by atoms with Crippen molar-refractivity contribution in [2.75, 3.05) is 13.1 Å². The lowest BCUT2D eigenvalue weighted by Crippen LogP contribution is -2.42. The summed E-state index contributed by atoms with van der Waals surface area (Å²) in [6, 6.07) is 1.94. The molecule has 7 nitrogen and oxygen atoms in total. The van der Waals surface area contributed by atoms with Gasteiger partial charge in [-0.3, -0.25) is 9.48 Å². The van der Waals surface area contributed by atoms with E-state index in [9.17, 15) is 4.79 Å². The third-order valence-corrected chi connectivity index (χ3v) is 4.77. The molecular formula is C17H26N6O. The zero-order valence-electron chi connectivity index (χ0n) is 14.5. The molecule has 0 spiro atoms. The van der Waals surface area contributed by atoms with Gasteiger partial charge in [-0.15, -0.1) is 5.10 Å². The van der Waals surface area contributed by atoms with Gasteiger partial charge < -0.3 is 4.90 Å². The van der Waals surface area contributed by atoms with Gasteiger partial charge in [-0.1, -0.05) is 18.6 Å². The molecule has 0 radical (unpaired) electrons. The predicted octanol–water partition coefficient (Wildman–Crippen LogP) is 2.24. The molecule has 24 heavy (non-hydrogen) atoms. The molecule has 2 aromatic heterocycles. The molecule has 1 atom stereocenters. The Balaban J connectivity index is 1.53. The fourth-order valence-electron chi connectivity index (χ4n) is 3.20. The van der Waals surface area contributed by atoms with Gasteiger partial charge in [-0.2, -0.15) is 5.10 Å². The average molecular weight is 330 g/mol. The smallest absolute Gasteiger partial charge is 0.247 e. The van der Waals surface area contributed by atoms with Crippen molar-refractivity contribution in [3.8, 4) is 0 Å². The molecule has 0 unspecified atom stereocenters. The van der Waals surface area contributed by atoms with Crippen molar-refractivity contribution in [2.45, 2.75) is 58.0 Å². The summed E-state index contributed by atoms with van der Waals surface area (Å²) in [6.07, 6.45) is 10.8. The van der Waals surface area contributed by atoms with Crippen molar-refractivity contribution in [1.82, 2.24) is 29.7 Å². The summed E-state index contributed by atoms with van der Waals surface area (Å²) in [4.78, 5) is 14.5. The maximum atomic E-state index is 12.6. The number of piperidine rings is 1. The Morgan fingerprint density at radius 1 is 1.38 bits per heavy atom. The molecular weight excluding hydrogens is 304 g/mol. The number of amides is 1. The van der Waals surface area contributed by atoms with Crippen LogP contribution in [0, 0.1) is 0 Å². The van der Waals surface area contributed by atoms with Crippen LogP contribution < -0.4 is 0 Å². The Kier molecular flexibility index (Phi) is 5.27. The van der Waals surface area contributed by atoms with E-state index in [-0.39, 0.29) is 11.9 Å². The second kappa shape index (κ2) is 7.59. The zero-order chi connectivity index (χ0) is 16.9. The van der Waals surface area contributed by atoms with E-state index in [4.69, 9.17) is 0 Å². The molecule has 0 saturated carbocycles. The number of aromatic nitrogens is 5. The zero-order valence-corrected chi connectivity index (χ0v) is 14.5. The number of unbranched alkanes of at least 4 members (excludes halogenated alkanes) is 1. The molecule has 2 aromatic rings. The van der Waals surface area contributed by atoms with Crippen molar-refractivity contribution in [3.05, 3.63) is 30.4 Å². The molecule has 1 amide bonds. The number of carbonyl (C=O) groups is 1. The Hall–Kier alpha value is -2.18. The van der Waals surface area contributed by atoms with E-state index in [0.717, 1.165) is 44.5 Å². The Morgan fingerprint density at radius 3 is 2.83 bits per heavy atom. The molecule has 3 heterocycles. The summed E-state index contributed by atoms with van der Waals surface area (Å²) in [5.41, 5.74) is 1.07. The van der Waals surface area contributed by atoms with E-state index in [2.05, 4.69) is 28.5 Å². The number of rotatable bonds is 6. The molecule has 7 heteroatoms. The minimum absolute atomic E-state index is 0.138. The number of aryl methyl sites for hydroxylation is 1. The molecule has 3 rings (SSSR count). The highest BCUT2D eigenvalue weighted by Gasteiger charge is 2.28. The van der Waals surface area contributed by atoms with Gasteiger partial charge in [0.25, 0.3) is 0 Å². The van der Waals surface area contributed by atoms with Crippen LogP contribution in [0.4, 0.5) is 0 Å². The maximum absolute atomic E-state index is 12.6. The molecule has 130 valence electrons. The van der Waals surface area contributed by atoms with Crippen LogP contribution >= 0.6 is 0 Å². The second-order valence-corrected chi connectivity index (χ2v) is 6.51. The van der Waals surface area contributed by atoms with Crippen molar-refractivity contribution in [2.24, 2.45) is 0 Å². The largest absolute Gasteiger partial charge is 0.341 e. The second-order valence-electron chi connectivity index (χ2n) is 6.51. The van der Waals surface area contributed by atoms with Gasteiger partial charge in [-0.25, -0.2) is 4.68 Å². The lowest BCUT2D eigenvalue weighted by Gasteiger charge is -2.33. The fraction of sp³-hybridized carbons (Fsp3) is 0.647. The maximum Gasteiger partial charge on any atom is 0.247 e. The highest BCUT2D eigenvalue weighted by atomic mass is 16.2. The predicted molar refractivity (Wildman–Crippen MR) is 90.4 cm³/mol. The molecule has 1 fully saturated rings. The molecule has 1 aliphatic rings. The molecule has 0 bridgehead atoms. The van der Waals surface area contributed by atoms with E-state index in [1.165, 1.54) is 6.42 Å². The third kappa shape index (κ3) is 3.66. The van der Waals surface area contributed by atoms with Gasteiger partial charge in [0, 0.05) is 31.7 Å². The summed E-state index contributed by atoms with van der Waals surface area (Å²) >= 11 is 0. The van der Waals surface area contributed by atoms with Crippen LogP contribution in [-0.2, 0) is 11.2 Å². The number of carbonyl (C=O) groups excluding carboxylic acids is 1. The van der Waals surface area contributed by atoms with Crippen LogP contribution in [0.2, 0.25) is 0 Å². The first-order valence-corrected chi connectivity index (χ1v) is 8.87. The standard InChI is InChI=1S/C17H26N6O/c1-3-4-6-15-13-23(20-19-15)16-7-11-21(12-8-16)17(24)14(2)22-10-5-9-18-22/h5,9-10,13-14,16H,3-4,6-8,11-12H2,1-2H3/t14-/m1/s1. The van der Waals surface area contributed by atoms with E-state index in [0.29, 0.717) is 6.04 Å². The topological polar surface area (TPSA) is 68.8 Å². The van der Waals surface area contributed by atoms with E-state index in [1.54, 1.807) is 10.9 Å². The third-order valence-electron chi connectivity index (χ3n) is 4.77. The van der Waals surface area contributed by atoms with Crippen LogP contribution in [0.25, 0.3) is 0 Å². The van der Waals surface area contributed by atoms with Gasteiger partial charge in [0.2, 0.25) is 5.91 Å². The van der Waals surface area contributed by atoms with Crippen molar-refractivity contribution in [1.29, 1.82) is 0 Å². The number of hydrogen-bond donors (Lipinski definition) is 0. The number of nitrogens with zero attached hydrogens (tertiary/aromatic N) is 6. The first-order chi connectivity index (χ1) is 11.7. The Bertz CT molecular complexity index is 642. The summed E-state index contributed by atoms with van der Waals surface area (Å²) < 4.78 is 3.70. The van der Waals surface area contributed by atoms with Gasteiger partial charge in [0.15, 0.2) is 0 Å². The summed E-state index contributed by atoms with van der Waals surface area (Å²) in [6.45, 7) is 5.61. The Morgan fingerprint density at radius 2 is 2.17 bits per heavy atom. The van der Waals surface area contributed by atoms with E-state index < -0.39 is 0 Å². The SMILES string of the molecule is CCCCc1cn(C2CCN(C(=O)[C@@H](C)n3cccn3)CC2)nn1. The van der Waals surface area contributed by atoms with Crippen LogP contribution in [-0.4, -0.2) is 48.7 Å². The van der Waals surface area contributed by atoms with Gasteiger partial charge in [-0.05, 0) is 38.7 Å². The highest BCUT2D eigenvalue weighted by Crippen LogP contribution is 2.23. The summed E-state index contributed by atoms with van der Waals surface area (Å²) in [5.74, 6) is 0.138. The van der Waals surface area contributed by atoms with Gasteiger partial charge in [0.05, 0.1) is 11.7 Å². The van der Waals surface area contributed by atoms with Crippen LogP contribution in [0.3, 0.4) is 0 Å². The number of likely N-dealkylation sites (tertiary alicyclic amines) is 1. The minimum atomic E-state index is -0.247. The van der Waals surface area contributed by atoms with Crippen LogP contribution in [0.15, 0.2) is 24.7 Å². The lowest BCUT2D eigenvalue weighted by atomic mass is 10.0. The molecule has 1 saturated heterocycles. The number of hydrogen-bond acceptors (Lipinski definition) is 4. The van der Waals surface area contributed by atoms with Crippen molar-refractivity contribution >= 4 is 5.91 Å². The monoisotopic (exact) mass is 330 g/mol. The molecule has 1 aliphatic heterocycles. The molecule has 0 aliphatic carbocycles. The summed E-state index contributed by atoms with van der Waals surface area (Å²) in [7, 11) is 0. The van der Waals surface area contributed by atoms with Gasteiger partial charge in [0.1, 0.15) is 6.04 Å².